The molecule has 2 heterocycles. The molecule has 2 aliphatic heterocycles. The number of aliphatic imine (C=N–C) groups is 1. The van der Waals surface area contributed by atoms with E-state index >= 15 is 0 Å². The van der Waals surface area contributed by atoms with Crippen molar-refractivity contribution in [2.45, 2.75) is 26.7 Å². The third-order valence-electron chi connectivity index (χ3n) is 3.86. The molecule has 1 atom stereocenters. The summed E-state index contributed by atoms with van der Waals surface area (Å²) in [5.41, 5.74) is -0.395. The summed E-state index contributed by atoms with van der Waals surface area (Å²) in [6.45, 7) is 4.36. The van der Waals surface area contributed by atoms with Gasteiger partial charge in [-0.3, -0.25) is 24.7 Å². The maximum absolute atomic E-state index is 12.4. The van der Waals surface area contributed by atoms with Gasteiger partial charge in [-0.05, 0) is 26.3 Å². The topological polar surface area (TPSA) is 78.8 Å². The molecule has 2 fully saturated rings. The molecule has 112 valence electrons. The highest BCUT2D eigenvalue weighted by Gasteiger charge is 2.51. The van der Waals surface area contributed by atoms with Gasteiger partial charge >= 0.3 is 0 Å². The number of nitrogens with one attached hydrogen (secondary N) is 1. The first-order chi connectivity index (χ1) is 10.0. The summed E-state index contributed by atoms with van der Waals surface area (Å²) in [6, 6.07) is 0. The van der Waals surface area contributed by atoms with Crippen LogP contribution in [0.1, 0.15) is 26.7 Å². The summed E-state index contributed by atoms with van der Waals surface area (Å²) >= 11 is 0. The smallest absolute Gasteiger partial charge is 0.272 e. The minimum atomic E-state index is -0.737. The molecule has 0 radical (unpaired) electrons. The molecule has 1 N–H and O–H groups in total. The molecule has 2 saturated heterocycles. The Morgan fingerprint density at radius 3 is 2.71 bits per heavy atom. The Bertz CT molecular complexity index is 563. The fourth-order valence-corrected chi connectivity index (χ4v) is 2.69. The van der Waals surface area contributed by atoms with Crippen LogP contribution in [-0.4, -0.2) is 41.9 Å². The summed E-state index contributed by atoms with van der Waals surface area (Å²) in [4.78, 5) is 41.4. The van der Waals surface area contributed by atoms with E-state index in [4.69, 9.17) is 0 Å². The van der Waals surface area contributed by atoms with E-state index in [-0.39, 0.29) is 30.7 Å². The van der Waals surface area contributed by atoms with E-state index in [2.05, 4.69) is 10.3 Å². The minimum absolute atomic E-state index is 0.169. The average molecular weight is 289 g/mol. The molecular formula is C15H19N3O3. The summed E-state index contributed by atoms with van der Waals surface area (Å²) in [5, 5.41) is 2.32. The Morgan fingerprint density at radius 2 is 2.14 bits per heavy atom. The third kappa shape index (κ3) is 2.94. The highest BCUT2D eigenvalue weighted by atomic mass is 16.2. The first-order valence-electron chi connectivity index (χ1n) is 6.97. The molecule has 6 heteroatoms. The highest BCUT2D eigenvalue weighted by molar-refractivity contribution is 6.06. The number of carbonyl (C=O) groups is 3. The zero-order valence-electron chi connectivity index (χ0n) is 12.3. The molecule has 0 saturated carbocycles. The predicted molar refractivity (Wildman–Crippen MR) is 78.5 cm³/mol. The van der Waals surface area contributed by atoms with Crippen LogP contribution >= 0.6 is 0 Å². The van der Waals surface area contributed by atoms with Crippen LogP contribution in [0.4, 0.5) is 0 Å². The Morgan fingerprint density at radius 1 is 1.38 bits per heavy atom. The zero-order chi connectivity index (χ0) is 15.5. The molecule has 3 amide bonds. The fourth-order valence-electron chi connectivity index (χ4n) is 2.69. The van der Waals surface area contributed by atoms with Crippen LogP contribution in [0, 0.1) is 5.41 Å². The van der Waals surface area contributed by atoms with Crippen molar-refractivity contribution >= 4 is 23.9 Å². The lowest BCUT2D eigenvalue weighted by Crippen LogP contribution is -2.37. The number of amides is 3. The van der Waals surface area contributed by atoms with E-state index in [1.54, 1.807) is 30.2 Å². The second-order valence-electron chi connectivity index (χ2n) is 5.29. The van der Waals surface area contributed by atoms with Gasteiger partial charge in [0.25, 0.3) is 5.91 Å². The molecular weight excluding hydrogens is 270 g/mol. The van der Waals surface area contributed by atoms with E-state index in [1.165, 1.54) is 0 Å². The number of hydrogen-bond donors (Lipinski definition) is 1. The first kappa shape index (κ1) is 15.2. The number of nitrogens with zero attached hydrogens (tertiary/aromatic N) is 2. The predicted octanol–water partition coefficient (Wildman–Crippen LogP) is 0.802. The van der Waals surface area contributed by atoms with Crippen molar-refractivity contribution in [2.24, 2.45) is 10.4 Å². The molecule has 6 nitrogen and oxygen atoms in total. The minimum Gasteiger partial charge on any atom is -0.336 e. The van der Waals surface area contributed by atoms with Crippen molar-refractivity contribution < 1.29 is 14.4 Å². The molecule has 0 aromatic heterocycles. The number of likely N-dealkylation sites (tertiary alicyclic amines) is 1. The molecule has 2 aliphatic rings. The van der Waals surface area contributed by atoms with Crippen LogP contribution in [0.3, 0.4) is 0 Å². The quantitative estimate of drug-likeness (QED) is 0.474. The molecule has 21 heavy (non-hydrogen) atoms. The van der Waals surface area contributed by atoms with Crippen LogP contribution in [0.15, 0.2) is 28.9 Å². The van der Waals surface area contributed by atoms with E-state index in [0.29, 0.717) is 18.7 Å². The number of imide groups is 1. The molecule has 1 spiro atoms. The maximum Gasteiger partial charge on any atom is 0.272 e. The van der Waals surface area contributed by atoms with Crippen LogP contribution in [-0.2, 0) is 14.4 Å². The SMILES string of the molecule is C\C=C/C=N\C(=C/C)C(=O)N1CCC2(CC(=O)NC2=O)C1. The molecule has 0 aliphatic carbocycles. The third-order valence-corrected chi connectivity index (χ3v) is 3.86. The highest BCUT2D eigenvalue weighted by Crippen LogP contribution is 2.38. The number of allylic oxidation sites excluding steroid dienone is 3. The summed E-state index contributed by atoms with van der Waals surface area (Å²) in [6.07, 6.45) is 7.46. The molecule has 1 unspecified atom stereocenters. The second-order valence-corrected chi connectivity index (χ2v) is 5.29. The van der Waals surface area contributed by atoms with Crippen LogP contribution in [0.2, 0.25) is 0 Å². The van der Waals surface area contributed by atoms with Crippen molar-refractivity contribution in [1.29, 1.82) is 0 Å². The Kier molecular flexibility index (Phi) is 4.35. The van der Waals surface area contributed by atoms with Gasteiger partial charge in [-0.25, -0.2) is 0 Å². The van der Waals surface area contributed by atoms with Crippen molar-refractivity contribution in [3.63, 3.8) is 0 Å². The van der Waals surface area contributed by atoms with Crippen molar-refractivity contribution in [3.8, 4) is 0 Å². The second kappa shape index (κ2) is 6.03. The lowest BCUT2D eigenvalue weighted by molar-refractivity contribution is -0.129. The van der Waals surface area contributed by atoms with Crippen LogP contribution in [0.5, 0.6) is 0 Å². The van der Waals surface area contributed by atoms with E-state index < -0.39 is 5.41 Å². The van der Waals surface area contributed by atoms with E-state index in [9.17, 15) is 14.4 Å². The number of hydrogen-bond acceptors (Lipinski definition) is 4. The van der Waals surface area contributed by atoms with E-state index in [0.717, 1.165) is 0 Å². The van der Waals surface area contributed by atoms with Gasteiger partial charge in [-0.1, -0.05) is 12.2 Å². The van der Waals surface area contributed by atoms with Crippen molar-refractivity contribution in [3.05, 3.63) is 23.9 Å². The van der Waals surface area contributed by atoms with Gasteiger partial charge in [-0.15, -0.1) is 0 Å². The molecule has 0 bridgehead atoms. The van der Waals surface area contributed by atoms with E-state index in [1.807, 2.05) is 13.0 Å². The van der Waals surface area contributed by atoms with Gasteiger partial charge < -0.3 is 4.90 Å². The molecule has 2 rings (SSSR count). The normalized spacial score (nSPS) is 26.6. The van der Waals surface area contributed by atoms with Gasteiger partial charge in [0.15, 0.2) is 0 Å². The number of carbonyl (C=O) groups excluding carboxylic acids is 3. The fraction of sp³-hybridized carbons (Fsp3) is 0.467. The Labute approximate surface area is 123 Å². The van der Waals surface area contributed by atoms with Gasteiger partial charge in [-0.2, -0.15) is 0 Å². The Balaban J connectivity index is 2.08. The lowest BCUT2D eigenvalue weighted by Gasteiger charge is -2.20. The van der Waals surface area contributed by atoms with Gasteiger partial charge in [0.2, 0.25) is 11.8 Å². The van der Waals surface area contributed by atoms with Gasteiger partial charge in [0.05, 0.1) is 5.41 Å². The standard InChI is InChI=1S/C15H19N3O3/c1-3-5-7-16-11(4-2)13(20)18-8-6-15(10-18)9-12(19)17-14(15)21/h3-5,7H,6,8-10H2,1-2H3,(H,17,19,21)/b5-3-,11-4-,16-7-. The van der Waals surface area contributed by atoms with Gasteiger partial charge in [0, 0.05) is 25.7 Å². The van der Waals surface area contributed by atoms with Crippen molar-refractivity contribution in [2.75, 3.05) is 13.1 Å². The molecule has 0 aromatic rings. The maximum atomic E-state index is 12.4. The van der Waals surface area contributed by atoms with Crippen LogP contribution < -0.4 is 5.32 Å². The van der Waals surface area contributed by atoms with Gasteiger partial charge in [0.1, 0.15) is 5.70 Å². The monoisotopic (exact) mass is 289 g/mol. The van der Waals surface area contributed by atoms with Crippen molar-refractivity contribution in [1.82, 2.24) is 10.2 Å². The first-order valence-corrected chi connectivity index (χ1v) is 6.97. The number of rotatable bonds is 3. The summed E-state index contributed by atoms with van der Waals surface area (Å²) in [5.74, 6) is -0.726. The van der Waals surface area contributed by atoms with Crippen LogP contribution in [0.25, 0.3) is 0 Å². The molecule has 0 aromatic carbocycles. The average Bonchev–Trinajstić information content (AvgIpc) is 2.99. The zero-order valence-corrected chi connectivity index (χ0v) is 12.3. The Hall–Kier alpha value is -2.24. The largest absolute Gasteiger partial charge is 0.336 e. The lowest BCUT2D eigenvalue weighted by atomic mass is 9.85. The summed E-state index contributed by atoms with van der Waals surface area (Å²) < 4.78 is 0. The summed E-state index contributed by atoms with van der Waals surface area (Å²) in [7, 11) is 0.